The van der Waals surface area contributed by atoms with Crippen molar-refractivity contribution in [3.8, 4) is 11.8 Å². The van der Waals surface area contributed by atoms with E-state index in [1.807, 2.05) is 0 Å². The minimum absolute atomic E-state index is 0.00895. The van der Waals surface area contributed by atoms with E-state index in [0.29, 0.717) is 24.3 Å². The third kappa shape index (κ3) is 3.18. The van der Waals surface area contributed by atoms with Crippen molar-refractivity contribution < 1.29 is 9.90 Å². The average molecular weight is 286 g/mol. The summed E-state index contributed by atoms with van der Waals surface area (Å²) >= 11 is 0. The molecule has 1 saturated carbocycles. The van der Waals surface area contributed by atoms with Crippen LogP contribution in [-0.4, -0.2) is 16.6 Å². The summed E-state index contributed by atoms with van der Waals surface area (Å²) in [6.07, 6.45) is 4.41. The fourth-order valence-electron chi connectivity index (χ4n) is 2.97. The van der Waals surface area contributed by atoms with E-state index in [9.17, 15) is 15.2 Å². The Balaban J connectivity index is 2.14. The Morgan fingerprint density at radius 3 is 2.71 bits per heavy atom. The monoisotopic (exact) mass is 286 g/mol. The average Bonchev–Trinajstić information content (AvgIpc) is 2.50. The first-order valence-corrected chi connectivity index (χ1v) is 7.53. The first kappa shape index (κ1) is 15.4. The molecule has 0 spiro atoms. The van der Waals surface area contributed by atoms with Gasteiger partial charge in [-0.15, -0.1) is 0 Å². The number of nitriles is 1. The first-order valence-electron chi connectivity index (χ1n) is 7.53. The van der Waals surface area contributed by atoms with E-state index < -0.39 is 5.54 Å². The number of hydrogen-bond donors (Lipinski definition) is 2. The number of carbonyl (C=O) groups excluding carboxylic acids is 1. The second kappa shape index (κ2) is 6.17. The van der Waals surface area contributed by atoms with Crippen LogP contribution in [0.25, 0.3) is 0 Å². The predicted molar refractivity (Wildman–Crippen MR) is 80.9 cm³/mol. The van der Waals surface area contributed by atoms with Crippen molar-refractivity contribution in [3.63, 3.8) is 0 Å². The quantitative estimate of drug-likeness (QED) is 0.895. The zero-order valence-corrected chi connectivity index (χ0v) is 12.6. The van der Waals surface area contributed by atoms with Crippen molar-refractivity contribution in [2.75, 3.05) is 0 Å². The van der Waals surface area contributed by atoms with Crippen molar-refractivity contribution in [3.05, 3.63) is 29.3 Å². The lowest BCUT2D eigenvalue weighted by Crippen LogP contribution is -2.49. The van der Waals surface area contributed by atoms with Crippen molar-refractivity contribution in [1.29, 1.82) is 5.26 Å². The number of aromatic hydroxyl groups is 1. The molecule has 0 bridgehead atoms. The van der Waals surface area contributed by atoms with Gasteiger partial charge in [-0.25, -0.2) is 0 Å². The molecular weight excluding hydrogens is 264 g/mol. The summed E-state index contributed by atoms with van der Waals surface area (Å²) in [5.41, 5.74) is 0.101. The minimum Gasteiger partial charge on any atom is -0.507 e. The molecule has 0 aliphatic heterocycles. The van der Waals surface area contributed by atoms with Gasteiger partial charge in [0.2, 0.25) is 0 Å². The lowest BCUT2D eigenvalue weighted by Gasteiger charge is -2.35. The third-order valence-corrected chi connectivity index (χ3v) is 4.59. The maximum atomic E-state index is 12.4. The van der Waals surface area contributed by atoms with Crippen molar-refractivity contribution in [2.45, 2.75) is 51.5 Å². The molecule has 0 heterocycles. The number of nitrogens with zero attached hydrogens (tertiary/aromatic N) is 1. The number of phenolic OH excluding ortho intramolecular Hbond substituents is 1. The highest BCUT2D eigenvalue weighted by Crippen LogP contribution is 2.34. The molecule has 1 amide bonds. The Morgan fingerprint density at radius 2 is 2.14 bits per heavy atom. The van der Waals surface area contributed by atoms with E-state index in [0.717, 1.165) is 19.3 Å². The van der Waals surface area contributed by atoms with Crippen LogP contribution in [0, 0.1) is 24.2 Å². The number of rotatable bonds is 3. The maximum Gasteiger partial charge on any atom is 0.256 e. The summed E-state index contributed by atoms with van der Waals surface area (Å²) in [4.78, 5) is 12.4. The summed E-state index contributed by atoms with van der Waals surface area (Å²) in [6.45, 7) is 3.91. The zero-order valence-electron chi connectivity index (χ0n) is 12.6. The van der Waals surface area contributed by atoms with Crippen LogP contribution in [-0.2, 0) is 0 Å². The van der Waals surface area contributed by atoms with Gasteiger partial charge in [-0.1, -0.05) is 25.5 Å². The number of phenols is 1. The number of nitrogens with one attached hydrogen (secondary N) is 1. The lowest BCUT2D eigenvalue weighted by atomic mass is 9.76. The summed E-state index contributed by atoms with van der Waals surface area (Å²) in [6, 6.07) is 7.35. The zero-order chi connectivity index (χ0) is 15.5. The van der Waals surface area contributed by atoms with Crippen molar-refractivity contribution >= 4 is 5.91 Å². The van der Waals surface area contributed by atoms with Gasteiger partial charge in [0, 0.05) is 0 Å². The van der Waals surface area contributed by atoms with E-state index in [1.165, 1.54) is 0 Å². The Kier molecular flexibility index (Phi) is 4.52. The van der Waals surface area contributed by atoms with Gasteiger partial charge in [-0.2, -0.15) is 5.26 Å². The van der Waals surface area contributed by atoms with Crippen molar-refractivity contribution in [2.24, 2.45) is 5.92 Å². The Hall–Kier alpha value is -2.02. The fourth-order valence-corrected chi connectivity index (χ4v) is 2.97. The Morgan fingerprint density at radius 1 is 1.48 bits per heavy atom. The molecule has 0 aromatic heterocycles. The van der Waals surface area contributed by atoms with Crippen LogP contribution in [0.15, 0.2) is 18.2 Å². The molecule has 21 heavy (non-hydrogen) atoms. The number of carbonyl (C=O) groups is 1. The van der Waals surface area contributed by atoms with Crippen LogP contribution in [0.3, 0.4) is 0 Å². The van der Waals surface area contributed by atoms with Gasteiger partial charge in [0.15, 0.2) is 0 Å². The van der Waals surface area contributed by atoms with Gasteiger partial charge < -0.3 is 10.4 Å². The molecule has 112 valence electrons. The normalized spacial score (nSPS) is 25.1. The smallest absolute Gasteiger partial charge is 0.256 e. The van der Waals surface area contributed by atoms with E-state index in [4.69, 9.17) is 0 Å². The van der Waals surface area contributed by atoms with E-state index in [2.05, 4.69) is 18.3 Å². The molecule has 4 heteroatoms. The van der Waals surface area contributed by atoms with Gasteiger partial charge in [0.1, 0.15) is 11.3 Å². The molecule has 1 aromatic carbocycles. The predicted octanol–water partition coefficient (Wildman–Crippen LogP) is 3.29. The number of benzene rings is 1. The lowest BCUT2D eigenvalue weighted by molar-refractivity contribution is 0.0888. The summed E-state index contributed by atoms with van der Waals surface area (Å²) in [5.74, 6) is 0.272. The first-order chi connectivity index (χ1) is 10.0. The van der Waals surface area contributed by atoms with Crippen LogP contribution < -0.4 is 5.32 Å². The second-order valence-electron chi connectivity index (χ2n) is 5.97. The Bertz CT molecular complexity index is 567. The van der Waals surface area contributed by atoms with Gasteiger partial charge in [0.25, 0.3) is 5.91 Å². The number of hydrogen-bond acceptors (Lipinski definition) is 3. The highest BCUT2D eigenvalue weighted by molar-refractivity contribution is 5.97. The number of para-hydroxylation sites is 1. The molecule has 1 aromatic rings. The van der Waals surface area contributed by atoms with Gasteiger partial charge in [0.05, 0.1) is 11.6 Å². The van der Waals surface area contributed by atoms with Crippen LogP contribution in [0.4, 0.5) is 0 Å². The highest BCUT2D eigenvalue weighted by Gasteiger charge is 2.37. The molecule has 0 unspecified atom stereocenters. The number of amides is 1. The topological polar surface area (TPSA) is 73.1 Å². The van der Waals surface area contributed by atoms with E-state index in [1.54, 1.807) is 25.1 Å². The largest absolute Gasteiger partial charge is 0.507 e. The molecule has 0 radical (unpaired) electrons. The molecule has 1 aliphatic rings. The van der Waals surface area contributed by atoms with Crippen LogP contribution in [0.5, 0.6) is 5.75 Å². The molecule has 4 nitrogen and oxygen atoms in total. The highest BCUT2D eigenvalue weighted by atomic mass is 16.3. The molecule has 0 atom stereocenters. The fraction of sp³-hybridized carbons (Fsp3) is 0.529. The van der Waals surface area contributed by atoms with Gasteiger partial charge in [-0.05, 0) is 50.2 Å². The van der Waals surface area contributed by atoms with Gasteiger partial charge in [-0.3, -0.25) is 4.79 Å². The summed E-state index contributed by atoms with van der Waals surface area (Å²) in [7, 11) is 0. The molecular formula is C17H22N2O2. The van der Waals surface area contributed by atoms with Crippen LogP contribution >= 0.6 is 0 Å². The van der Waals surface area contributed by atoms with E-state index >= 15 is 0 Å². The molecule has 0 saturated heterocycles. The third-order valence-electron chi connectivity index (χ3n) is 4.59. The van der Waals surface area contributed by atoms with Crippen molar-refractivity contribution in [1.82, 2.24) is 5.32 Å². The van der Waals surface area contributed by atoms with Crippen LogP contribution in [0.2, 0.25) is 0 Å². The second-order valence-corrected chi connectivity index (χ2v) is 5.97. The molecule has 1 fully saturated rings. The number of aryl methyl sites for hydroxylation is 1. The minimum atomic E-state index is -0.793. The SMILES string of the molecule is CCC1CCC(C#N)(NC(=O)c2cccc(C)c2O)CC1. The standard InChI is InChI=1S/C17H22N2O2/c1-3-13-7-9-17(11-18,10-8-13)19-16(21)14-6-4-5-12(2)15(14)20/h4-6,13,20H,3,7-10H2,1-2H3,(H,19,21). The Labute approximate surface area is 125 Å². The summed E-state index contributed by atoms with van der Waals surface area (Å²) in [5, 5.41) is 22.3. The maximum absolute atomic E-state index is 12.4. The van der Waals surface area contributed by atoms with Gasteiger partial charge >= 0.3 is 0 Å². The van der Waals surface area contributed by atoms with E-state index in [-0.39, 0.29) is 17.2 Å². The molecule has 2 N–H and O–H groups in total. The molecule has 1 aliphatic carbocycles. The summed E-state index contributed by atoms with van der Waals surface area (Å²) < 4.78 is 0. The molecule has 2 rings (SSSR count). The van der Waals surface area contributed by atoms with Crippen LogP contribution in [0.1, 0.15) is 54.9 Å².